The van der Waals surface area contributed by atoms with Crippen LogP contribution in [0.3, 0.4) is 0 Å². The Balaban J connectivity index is 1.50. The van der Waals surface area contributed by atoms with Crippen LogP contribution in [0, 0.1) is 23.7 Å². The molecule has 4 unspecified atom stereocenters. The highest BCUT2D eigenvalue weighted by atomic mass is 16.4. The van der Waals surface area contributed by atoms with E-state index in [-0.39, 0.29) is 5.92 Å². The summed E-state index contributed by atoms with van der Waals surface area (Å²) in [4.78, 5) is 11.4. The fourth-order valence-electron chi connectivity index (χ4n) is 6.31. The van der Waals surface area contributed by atoms with Gasteiger partial charge in [0.1, 0.15) is 0 Å². The summed E-state index contributed by atoms with van der Waals surface area (Å²) in [7, 11) is 0. The molecule has 1 saturated carbocycles. The van der Waals surface area contributed by atoms with Crippen LogP contribution in [0.15, 0.2) is 46.1 Å². The van der Waals surface area contributed by atoms with Crippen molar-refractivity contribution in [1.29, 1.82) is 0 Å². The van der Waals surface area contributed by atoms with E-state index in [2.05, 4.69) is 18.2 Å². The molecule has 5 rings (SSSR count). The Morgan fingerprint density at radius 1 is 0.960 bits per heavy atom. The number of hydrogen-bond donors (Lipinski definition) is 1. The molecule has 5 aliphatic carbocycles. The summed E-state index contributed by atoms with van der Waals surface area (Å²) in [6, 6.07) is 0. The molecular formula is C23H28O2. The van der Waals surface area contributed by atoms with Crippen LogP contribution in [0.4, 0.5) is 0 Å². The molecule has 2 heteroatoms. The number of carboxylic acids is 1. The average molecular weight is 336 g/mol. The minimum atomic E-state index is -0.614. The summed E-state index contributed by atoms with van der Waals surface area (Å²) in [5, 5.41) is 9.36. The van der Waals surface area contributed by atoms with E-state index in [0.29, 0.717) is 18.3 Å². The molecule has 1 fully saturated rings. The van der Waals surface area contributed by atoms with Crippen molar-refractivity contribution >= 4 is 5.97 Å². The number of hydrogen-bond acceptors (Lipinski definition) is 1. The van der Waals surface area contributed by atoms with Gasteiger partial charge in [0.05, 0.1) is 5.92 Å². The number of rotatable bonds is 1. The molecule has 0 radical (unpaired) electrons. The number of allylic oxidation sites excluding steroid dienone is 8. The van der Waals surface area contributed by atoms with Crippen LogP contribution in [0.5, 0.6) is 0 Å². The van der Waals surface area contributed by atoms with E-state index in [1.165, 1.54) is 56.1 Å². The van der Waals surface area contributed by atoms with Gasteiger partial charge in [-0.25, -0.2) is 0 Å². The van der Waals surface area contributed by atoms with Crippen molar-refractivity contribution in [2.24, 2.45) is 23.7 Å². The first-order chi connectivity index (χ1) is 12.2. The molecule has 25 heavy (non-hydrogen) atoms. The molecule has 2 nitrogen and oxygen atoms in total. The van der Waals surface area contributed by atoms with Crippen molar-refractivity contribution in [3.05, 3.63) is 46.1 Å². The lowest BCUT2D eigenvalue weighted by molar-refractivity contribution is -0.142. The van der Waals surface area contributed by atoms with E-state index in [9.17, 15) is 9.90 Å². The first-order valence-corrected chi connectivity index (χ1v) is 10.3. The van der Waals surface area contributed by atoms with Gasteiger partial charge in [0.25, 0.3) is 0 Å². The summed E-state index contributed by atoms with van der Waals surface area (Å²) in [5.74, 6) is 1.23. The SMILES string of the molecule is O=C(O)C1CC=C2C3=C(CCC2C1)C1CCC2CCCCC2=C1C=C3. The smallest absolute Gasteiger partial charge is 0.306 e. The lowest BCUT2D eigenvalue weighted by Gasteiger charge is -2.43. The van der Waals surface area contributed by atoms with Gasteiger partial charge in [0.15, 0.2) is 0 Å². The highest BCUT2D eigenvalue weighted by molar-refractivity contribution is 5.71. The predicted octanol–water partition coefficient (Wildman–Crippen LogP) is 5.58. The third-order valence-corrected chi connectivity index (χ3v) is 7.54. The van der Waals surface area contributed by atoms with Gasteiger partial charge in [-0.05, 0) is 86.3 Å². The Hall–Kier alpha value is -1.57. The second-order valence-electron chi connectivity index (χ2n) is 8.73. The average Bonchev–Trinajstić information content (AvgIpc) is 2.66. The van der Waals surface area contributed by atoms with Crippen molar-refractivity contribution in [3.8, 4) is 0 Å². The van der Waals surface area contributed by atoms with Crippen molar-refractivity contribution < 1.29 is 9.90 Å². The number of aliphatic carboxylic acids is 1. The van der Waals surface area contributed by atoms with E-state index in [4.69, 9.17) is 0 Å². The molecule has 4 atom stereocenters. The molecule has 0 aromatic heterocycles. The van der Waals surface area contributed by atoms with Crippen molar-refractivity contribution in [1.82, 2.24) is 0 Å². The lowest BCUT2D eigenvalue weighted by atomic mass is 9.62. The van der Waals surface area contributed by atoms with Crippen LogP contribution < -0.4 is 0 Å². The van der Waals surface area contributed by atoms with E-state index in [1.54, 1.807) is 16.7 Å². The molecule has 0 aliphatic heterocycles. The topological polar surface area (TPSA) is 37.3 Å². The van der Waals surface area contributed by atoms with E-state index < -0.39 is 5.97 Å². The summed E-state index contributed by atoms with van der Waals surface area (Å²) in [5.41, 5.74) is 8.11. The van der Waals surface area contributed by atoms with Gasteiger partial charge in [-0.2, -0.15) is 0 Å². The molecule has 0 spiro atoms. The molecule has 0 saturated heterocycles. The Morgan fingerprint density at radius 2 is 1.88 bits per heavy atom. The van der Waals surface area contributed by atoms with Crippen LogP contribution in [0.1, 0.15) is 64.2 Å². The van der Waals surface area contributed by atoms with Crippen LogP contribution >= 0.6 is 0 Å². The zero-order chi connectivity index (χ0) is 17.0. The van der Waals surface area contributed by atoms with Gasteiger partial charge in [-0.1, -0.05) is 35.8 Å². The minimum absolute atomic E-state index is 0.168. The van der Waals surface area contributed by atoms with Gasteiger partial charge in [-0.3, -0.25) is 4.79 Å². The summed E-state index contributed by atoms with van der Waals surface area (Å²) in [6.45, 7) is 0. The molecule has 5 aliphatic rings. The summed E-state index contributed by atoms with van der Waals surface area (Å²) in [6.07, 6.45) is 19.3. The monoisotopic (exact) mass is 336 g/mol. The maximum absolute atomic E-state index is 11.4. The minimum Gasteiger partial charge on any atom is -0.481 e. The summed E-state index contributed by atoms with van der Waals surface area (Å²) >= 11 is 0. The first kappa shape index (κ1) is 15.7. The van der Waals surface area contributed by atoms with Gasteiger partial charge in [0, 0.05) is 5.92 Å². The molecular weight excluding hydrogens is 308 g/mol. The predicted molar refractivity (Wildman–Crippen MR) is 99.0 cm³/mol. The molecule has 0 aromatic carbocycles. The largest absolute Gasteiger partial charge is 0.481 e. The molecule has 132 valence electrons. The Kier molecular flexibility index (Phi) is 3.76. The summed E-state index contributed by atoms with van der Waals surface area (Å²) < 4.78 is 0. The lowest BCUT2D eigenvalue weighted by Crippen LogP contribution is -2.30. The van der Waals surface area contributed by atoms with Crippen LogP contribution in [-0.4, -0.2) is 11.1 Å². The molecule has 0 bridgehead atoms. The van der Waals surface area contributed by atoms with Crippen molar-refractivity contribution in [3.63, 3.8) is 0 Å². The van der Waals surface area contributed by atoms with Crippen molar-refractivity contribution in [2.75, 3.05) is 0 Å². The molecule has 0 heterocycles. The van der Waals surface area contributed by atoms with E-state index >= 15 is 0 Å². The van der Waals surface area contributed by atoms with E-state index in [0.717, 1.165) is 18.8 Å². The fourth-order valence-corrected chi connectivity index (χ4v) is 6.31. The number of fused-ring (bicyclic) bond motifs is 5. The zero-order valence-electron chi connectivity index (χ0n) is 15.0. The van der Waals surface area contributed by atoms with Gasteiger partial charge in [0.2, 0.25) is 0 Å². The van der Waals surface area contributed by atoms with E-state index in [1.807, 2.05) is 0 Å². The van der Waals surface area contributed by atoms with Crippen LogP contribution in [0.2, 0.25) is 0 Å². The fraction of sp³-hybridized carbons (Fsp3) is 0.609. The molecule has 1 N–H and O–H groups in total. The highest BCUT2D eigenvalue weighted by Gasteiger charge is 2.39. The normalized spacial score (nSPS) is 36.9. The maximum Gasteiger partial charge on any atom is 0.306 e. The first-order valence-electron chi connectivity index (χ1n) is 10.3. The number of carboxylic acid groups (broad SMARTS) is 1. The second-order valence-corrected chi connectivity index (χ2v) is 8.73. The van der Waals surface area contributed by atoms with Crippen LogP contribution in [0.25, 0.3) is 0 Å². The highest BCUT2D eigenvalue weighted by Crippen LogP contribution is 2.52. The Labute approximate surface area is 150 Å². The third-order valence-electron chi connectivity index (χ3n) is 7.54. The second kappa shape index (κ2) is 6.00. The maximum atomic E-state index is 11.4. The van der Waals surface area contributed by atoms with Crippen molar-refractivity contribution in [2.45, 2.75) is 64.2 Å². The third kappa shape index (κ3) is 2.48. The molecule has 0 amide bonds. The zero-order valence-corrected chi connectivity index (χ0v) is 15.0. The number of carbonyl (C=O) groups is 1. The quantitative estimate of drug-likeness (QED) is 0.678. The Bertz CT molecular complexity index is 733. The van der Waals surface area contributed by atoms with Gasteiger partial charge < -0.3 is 5.11 Å². The Morgan fingerprint density at radius 3 is 2.76 bits per heavy atom. The van der Waals surface area contributed by atoms with Gasteiger partial charge in [-0.15, -0.1) is 0 Å². The molecule has 0 aromatic rings. The standard InChI is InChI=1S/C23H28O2/c24-23(25)16-7-8-18-15(13-16)6-10-22-20(18)12-11-19-17-4-2-1-3-14(17)5-9-21(19)22/h8,11-12,14-16,21H,1-7,9-10,13H2,(H,24,25). The van der Waals surface area contributed by atoms with Gasteiger partial charge >= 0.3 is 5.97 Å². The van der Waals surface area contributed by atoms with Crippen LogP contribution in [-0.2, 0) is 4.79 Å².